The van der Waals surface area contributed by atoms with E-state index in [4.69, 9.17) is 9.47 Å². The van der Waals surface area contributed by atoms with Crippen molar-refractivity contribution in [1.82, 2.24) is 26.2 Å². The van der Waals surface area contributed by atoms with Gasteiger partial charge in [0, 0.05) is 32.5 Å². The number of alkyl carbamates (subject to hydrolysis) is 1. The first kappa shape index (κ1) is 34.0. The van der Waals surface area contributed by atoms with Crippen molar-refractivity contribution in [2.45, 2.75) is 102 Å². The van der Waals surface area contributed by atoms with E-state index < -0.39 is 53.1 Å². The molecule has 0 bridgehead atoms. The lowest BCUT2D eigenvalue weighted by molar-refractivity contribution is -0.141. The van der Waals surface area contributed by atoms with Crippen LogP contribution in [0.3, 0.4) is 0 Å². The molecule has 5 atom stereocenters. The van der Waals surface area contributed by atoms with Crippen LogP contribution in [0.1, 0.15) is 71.3 Å². The van der Waals surface area contributed by atoms with E-state index in [1.807, 2.05) is 42.5 Å². The van der Waals surface area contributed by atoms with Gasteiger partial charge in [0.05, 0.1) is 12.6 Å². The molecule has 1 aromatic carbocycles. The van der Waals surface area contributed by atoms with E-state index in [0.29, 0.717) is 25.8 Å². The van der Waals surface area contributed by atoms with Gasteiger partial charge in [0.2, 0.25) is 23.6 Å². The minimum absolute atomic E-state index is 0.171. The lowest BCUT2D eigenvalue weighted by atomic mass is 10.0. The van der Waals surface area contributed by atoms with Gasteiger partial charge in [0.15, 0.2) is 0 Å². The highest BCUT2D eigenvalue weighted by molar-refractivity contribution is 5.99. The van der Waals surface area contributed by atoms with Crippen molar-refractivity contribution in [1.29, 1.82) is 0 Å². The summed E-state index contributed by atoms with van der Waals surface area (Å²) >= 11 is 0. The third-order valence-electron chi connectivity index (χ3n) is 8.41. The number of benzene rings is 1. The lowest BCUT2D eigenvalue weighted by Gasteiger charge is -2.30. The first-order chi connectivity index (χ1) is 21.4. The summed E-state index contributed by atoms with van der Waals surface area (Å²) in [5.74, 6) is -1.92. The second-order valence-corrected chi connectivity index (χ2v) is 13.1. The lowest BCUT2D eigenvalue weighted by Crippen LogP contribution is -2.58. The Labute approximate surface area is 265 Å². The van der Waals surface area contributed by atoms with E-state index in [9.17, 15) is 24.0 Å². The van der Waals surface area contributed by atoms with Crippen LogP contribution in [0.15, 0.2) is 42.5 Å². The number of rotatable bonds is 7. The van der Waals surface area contributed by atoms with Crippen LogP contribution in [0.25, 0.3) is 0 Å². The van der Waals surface area contributed by atoms with Crippen LogP contribution < -0.4 is 21.3 Å². The molecule has 2 heterocycles. The zero-order valence-electron chi connectivity index (χ0n) is 26.7. The van der Waals surface area contributed by atoms with E-state index in [-0.39, 0.29) is 31.3 Å². The Morgan fingerprint density at radius 1 is 1.07 bits per heavy atom. The van der Waals surface area contributed by atoms with E-state index in [2.05, 4.69) is 21.3 Å². The molecule has 0 spiro atoms. The van der Waals surface area contributed by atoms with E-state index in [0.717, 1.165) is 24.8 Å². The molecule has 4 rings (SSSR count). The maximum Gasteiger partial charge on any atom is 0.408 e. The Balaban J connectivity index is 1.48. The molecule has 1 aliphatic carbocycles. The third-order valence-corrected chi connectivity index (χ3v) is 8.41. The second-order valence-electron chi connectivity index (χ2n) is 13.1. The summed E-state index contributed by atoms with van der Waals surface area (Å²) in [5, 5.41) is 11.2. The SMILES string of the molecule is CO[C@@H]1C[C@H]2C(=O)N[C@]3(C(=O)NCC(=O)NCc4ccccc4)C[C@H]3/C=C\CCCCC[C@H](NC(=O)OC(C)(C)C)C(=O)N2C1. The van der Waals surface area contributed by atoms with Gasteiger partial charge in [0.1, 0.15) is 23.2 Å². The summed E-state index contributed by atoms with van der Waals surface area (Å²) in [6.45, 7) is 5.50. The van der Waals surface area contributed by atoms with Gasteiger partial charge in [-0.2, -0.15) is 0 Å². The maximum absolute atomic E-state index is 13.9. The summed E-state index contributed by atoms with van der Waals surface area (Å²) in [5.41, 5.74) is -1.04. The van der Waals surface area contributed by atoms with Crippen molar-refractivity contribution in [2.75, 3.05) is 20.2 Å². The number of methoxy groups -OCH3 is 1. The van der Waals surface area contributed by atoms with E-state index in [1.165, 1.54) is 12.0 Å². The van der Waals surface area contributed by atoms with Crippen molar-refractivity contribution < 1.29 is 33.4 Å². The highest BCUT2D eigenvalue weighted by Gasteiger charge is 2.61. The van der Waals surface area contributed by atoms with Gasteiger partial charge in [-0.1, -0.05) is 55.3 Å². The molecule has 12 heteroatoms. The molecule has 0 aromatic heterocycles. The number of carbonyl (C=O) groups excluding carboxylic acids is 5. The number of allylic oxidation sites excluding steroid dienone is 1. The van der Waals surface area contributed by atoms with Gasteiger partial charge in [0.25, 0.3) is 0 Å². The monoisotopic (exact) mass is 625 g/mol. The van der Waals surface area contributed by atoms with E-state index in [1.54, 1.807) is 20.8 Å². The molecular formula is C33H47N5O7. The summed E-state index contributed by atoms with van der Waals surface area (Å²) in [6.07, 6.45) is 7.06. The molecule has 12 nitrogen and oxygen atoms in total. The molecule has 246 valence electrons. The molecule has 45 heavy (non-hydrogen) atoms. The molecule has 3 aliphatic rings. The Hall–Kier alpha value is -3.93. The fraction of sp³-hybridized carbons (Fsp3) is 0.606. The normalized spacial score (nSPS) is 27.9. The molecule has 4 N–H and O–H groups in total. The van der Waals surface area contributed by atoms with Gasteiger partial charge < -0.3 is 35.6 Å². The van der Waals surface area contributed by atoms with Crippen molar-refractivity contribution in [3.63, 3.8) is 0 Å². The van der Waals surface area contributed by atoms with Gasteiger partial charge in [-0.15, -0.1) is 0 Å². The van der Waals surface area contributed by atoms with Crippen molar-refractivity contribution in [2.24, 2.45) is 5.92 Å². The minimum Gasteiger partial charge on any atom is -0.444 e. The number of ether oxygens (including phenoxy) is 2. The van der Waals surface area contributed by atoms with Crippen LogP contribution in [0.2, 0.25) is 0 Å². The van der Waals surface area contributed by atoms with Crippen LogP contribution >= 0.6 is 0 Å². The molecule has 0 unspecified atom stereocenters. The Kier molecular flexibility index (Phi) is 11.2. The predicted octanol–water partition coefficient (Wildman–Crippen LogP) is 2.32. The number of carbonyl (C=O) groups is 5. The van der Waals surface area contributed by atoms with Crippen LogP contribution in [-0.4, -0.2) is 84.1 Å². The zero-order valence-corrected chi connectivity index (χ0v) is 26.7. The number of fused-ring (bicyclic) bond motifs is 2. The van der Waals surface area contributed by atoms with Gasteiger partial charge in [-0.25, -0.2) is 4.79 Å². The summed E-state index contributed by atoms with van der Waals surface area (Å²) in [7, 11) is 1.52. The topological polar surface area (TPSA) is 155 Å². The highest BCUT2D eigenvalue weighted by Crippen LogP contribution is 2.45. The second kappa shape index (κ2) is 14.9. The molecule has 0 radical (unpaired) electrons. The Bertz CT molecular complexity index is 1260. The predicted molar refractivity (Wildman–Crippen MR) is 167 cm³/mol. The third kappa shape index (κ3) is 9.29. The molecule has 5 amide bonds. The first-order valence-corrected chi connectivity index (χ1v) is 15.8. The van der Waals surface area contributed by atoms with E-state index >= 15 is 0 Å². The number of nitrogens with one attached hydrogen (secondary N) is 4. The summed E-state index contributed by atoms with van der Waals surface area (Å²) in [4.78, 5) is 67.9. The number of amides is 5. The van der Waals surface area contributed by atoms with Crippen molar-refractivity contribution >= 4 is 29.7 Å². The average Bonchev–Trinajstić information content (AvgIpc) is 3.50. The summed E-state index contributed by atoms with van der Waals surface area (Å²) < 4.78 is 11.0. The fourth-order valence-electron chi connectivity index (χ4n) is 5.88. The van der Waals surface area contributed by atoms with Gasteiger partial charge in [-0.05, 0) is 52.0 Å². The van der Waals surface area contributed by atoms with Crippen LogP contribution in [-0.2, 0) is 35.2 Å². The molecule has 1 saturated heterocycles. The molecule has 2 aliphatic heterocycles. The number of hydrogen-bond donors (Lipinski definition) is 4. The minimum atomic E-state index is -1.23. The smallest absolute Gasteiger partial charge is 0.408 e. The largest absolute Gasteiger partial charge is 0.444 e. The standard InChI is InChI=1S/C33H47N5O7/c1-32(2,3)45-31(43)36-25-16-12-7-5-6-11-15-23-18-33(23,37-28(40)26-17-24(44-4)21-38(26)29(25)41)30(42)35-20-27(39)34-19-22-13-9-8-10-14-22/h8-11,13-15,23-26H,5-7,12,16-21H2,1-4H3,(H,34,39)(H,35,42)(H,36,43)(H,37,40)/b15-11-/t23-,24-,25+,26+,33-/m1/s1. The molecular weight excluding hydrogens is 578 g/mol. The van der Waals surface area contributed by atoms with Crippen molar-refractivity contribution in [3.8, 4) is 0 Å². The zero-order chi connectivity index (χ0) is 32.6. The molecule has 1 saturated carbocycles. The number of hydrogen-bond acceptors (Lipinski definition) is 7. The van der Waals surface area contributed by atoms with Crippen LogP contribution in [0.4, 0.5) is 4.79 Å². The Morgan fingerprint density at radius 3 is 2.53 bits per heavy atom. The fourth-order valence-corrected chi connectivity index (χ4v) is 5.88. The highest BCUT2D eigenvalue weighted by atomic mass is 16.6. The molecule has 1 aromatic rings. The Morgan fingerprint density at radius 2 is 1.82 bits per heavy atom. The number of nitrogens with zero attached hydrogens (tertiary/aromatic N) is 1. The summed E-state index contributed by atoms with van der Waals surface area (Å²) in [6, 6.07) is 7.66. The molecule has 2 fully saturated rings. The van der Waals surface area contributed by atoms with Crippen LogP contribution in [0, 0.1) is 5.92 Å². The van der Waals surface area contributed by atoms with Gasteiger partial charge in [-0.3, -0.25) is 19.2 Å². The van der Waals surface area contributed by atoms with Gasteiger partial charge >= 0.3 is 6.09 Å². The maximum atomic E-state index is 13.9. The van der Waals surface area contributed by atoms with Crippen molar-refractivity contribution in [3.05, 3.63) is 48.0 Å². The quantitative estimate of drug-likeness (QED) is 0.339. The van der Waals surface area contributed by atoms with Crippen LogP contribution in [0.5, 0.6) is 0 Å². The average molecular weight is 626 g/mol. The first-order valence-electron chi connectivity index (χ1n) is 15.8.